The van der Waals surface area contributed by atoms with Crippen molar-refractivity contribution < 1.29 is 17.9 Å². The minimum absolute atomic E-state index is 0.0855. The molecule has 1 aliphatic rings. The number of esters is 1. The number of hydrogen-bond acceptors (Lipinski definition) is 6. The van der Waals surface area contributed by atoms with Gasteiger partial charge < -0.3 is 14.7 Å². The van der Waals surface area contributed by atoms with Crippen LogP contribution in [0.15, 0.2) is 34.1 Å². The minimum atomic E-state index is -3.83. The summed E-state index contributed by atoms with van der Waals surface area (Å²) in [4.78, 5) is 30.7. The van der Waals surface area contributed by atoms with Crippen molar-refractivity contribution >= 4 is 49.6 Å². The fraction of sp³-hybridized carbons (Fsp3) is 0.429. The van der Waals surface area contributed by atoms with Crippen molar-refractivity contribution in [3.8, 4) is 0 Å². The van der Waals surface area contributed by atoms with E-state index in [1.165, 1.54) is 22.6 Å². The molecule has 3 aromatic rings. The number of ether oxygens (including phenoxy) is 1. The van der Waals surface area contributed by atoms with E-state index in [-0.39, 0.29) is 28.6 Å². The number of aromatic amines is 2. The van der Waals surface area contributed by atoms with E-state index in [9.17, 15) is 18.0 Å². The molecule has 32 heavy (non-hydrogen) atoms. The lowest BCUT2D eigenvalue weighted by Gasteiger charge is -2.26. The van der Waals surface area contributed by atoms with Crippen LogP contribution >= 0.6 is 11.8 Å². The molecule has 1 saturated heterocycles. The highest BCUT2D eigenvalue weighted by atomic mass is 35.5. The largest absolute Gasteiger partial charge is 0.462 e. The number of rotatable bonds is 7. The van der Waals surface area contributed by atoms with Gasteiger partial charge in [-0.1, -0.05) is 13.8 Å². The van der Waals surface area contributed by atoms with E-state index in [0.29, 0.717) is 48.8 Å². The summed E-state index contributed by atoms with van der Waals surface area (Å²) in [7, 11) is -3.83. The summed E-state index contributed by atoms with van der Waals surface area (Å²) < 4.78 is 35.3. The van der Waals surface area contributed by atoms with Crippen LogP contribution in [0.5, 0.6) is 0 Å². The van der Waals surface area contributed by atoms with E-state index in [1.807, 2.05) is 6.92 Å². The SMILES string of the molecule is CCCOC(=O)c1c[nH]c2c(=O)[nH]c3ccc(S(=O)(=O)N(CC)[C@H]4CCN(Cl)C4)cc3c12. The number of carbonyl (C=O) groups excluding carboxylic acids is 1. The maximum atomic E-state index is 13.5. The Morgan fingerprint density at radius 1 is 1.34 bits per heavy atom. The van der Waals surface area contributed by atoms with Crippen molar-refractivity contribution in [1.29, 1.82) is 0 Å². The van der Waals surface area contributed by atoms with Crippen molar-refractivity contribution in [2.75, 3.05) is 26.2 Å². The third-order valence-electron chi connectivity index (χ3n) is 5.71. The first-order valence-corrected chi connectivity index (χ1v) is 12.3. The van der Waals surface area contributed by atoms with Crippen LogP contribution in [0.4, 0.5) is 0 Å². The van der Waals surface area contributed by atoms with Crippen LogP contribution in [0.25, 0.3) is 21.8 Å². The number of sulfonamides is 1. The number of nitrogens with one attached hydrogen (secondary N) is 2. The van der Waals surface area contributed by atoms with Gasteiger partial charge in [0.1, 0.15) is 5.52 Å². The van der Waals surface area contributed by atoms with Crippen LogP contribution in [-0.2, 0) is 14.8 Å². The van der Waals surface area contributed by atoms with Gasteiger partial charge in [0.2, 0.25) is 10.0 Å². The first kappa shape index (κ1) is 22.8. The van der Waals surface area contributed by atoms with E-state index >= 15 is 0 Å². The molecule has 1 atom stereocenters. The van der Waals surface area contributed by atoms with E-state index in [1.54, 1.807) is 17.4 Å². The van der Waals surface area contributed by atoms with Gasteiger partial charge in [-0.05, 0) is 42.8 Å². The van der Waals surface area contributed by atoms with Crippen molar-refractivity contribution in [2.45, 2.75) is 37.6 Å². The zero-order chi connectivity index (χ0) is 23.0. The van der Waals surface area contributed by atoms with Gasteiger partial charge in [-0.3, -0.25) is 4.79 Å². The molecule has 0 bridgehead atoms. The number of H-pyrrole nitrogens is 2. The molecule has 0 radical (unpaired) electrons. The topological polar surface area (TPSA) is 116 Å². The lowest BCUT2D eigenvalue weighted by atomic mass is 10.1. The molecule has 11 heteroatoms. The molecule has 0 saturated carbocycles. The smallest absolute Gasteiger partial charge is 0.340 e. The van der Waals surface area contributed by atoms with Crippen molar-refractivity contribution in [2.24, 2.45) is 0 Å². The summed E-state index contributed by atoms with van der Waals surface area (Å²) in [5, 5.41) is 0.796. The number of fused-ring (bicyclic) bond motifs is 3. The average Bonchev–Trinajstić information content (AvgIpc) is 3.39. The number of pyridine rings is 1. The van der Waals surface area contributed by atoms with Crippen LogP contribution in [0.2, 0.25) is 0 Å². The van der Waals surface area contributed by atoms with Crippen LogP contribution < -0.4 is 5.56 Å². The maximum absolute atomic E-state index is 13.5. The lowest BCUT2D eigenvalue weighted by molar-refractivity contribution is 0.0507. The number of carbonyl (C=O) groups is 1. The first-order chi connectivity index (χ1) is 15.3. The second-order valence-corrected chi connectivity index (χ2v) is 10.1. The lowest BCUT2D eigenvalue weighted by Crippen LogP contribution is -2.41. The second kappa shape index (κ2) is 8.86. The molecule has 0 spiro atoms. The van der Waals surface area contributed by atoms with E-state index in [0.717, 1.165) is 0 Å². The molecule has 4 rings (SSSR count). The number of nitrogens with zero attached hydrogens (tertiary/aromatic N) is 2. The van der Waals surface area contributed by atoms with Gasteiger partial charge in [0.05, 0.1) is 17.1 Å². The molecule has 1 fully saturated rings. The third kappa shape index (κ3) is 3.92. The summed E-state index contributed by atoms with van der Waals surface area (Å²) in [5.74, 6) is -0.568. The van der Waals surface area contributed by atoms with Crippen LogP contribution in [0.3, 0.4) is 0 Å². The molecule has 1 aliphatic heterocycles. The quantitative estimate of drug-likeness (QED) is 0.397. The van der Waals surface area contributed by atoms with Crippen LogP contribution in [0, 0.1) is 0 Å². The van der Waals surface area contributed by atoms with Gasteiger partial charge in [-0.15, -0.1) is 0 Å². The number of benzene rings is 1. The van der Waals surface area contributed by atoms with Crippen LogP contribution in [0.1, 0.15) is 37.0 Å². The molecule has 172 valence electrons. The standard InChI is InChI=1S/C21H25ClN4O5S/c1-3-9-31-21(28)16-11-23-19-18(16)15-10-14(5-6-17(15)24-20(19)27)32(29,30)26(4-2)13-7-8-25(22)12-13/h5-6,10-11,13,23H,3-4,7-9,12H2,1-2H3,(H,24,27)/t13-/m0/s1. The number of aromatic nitrogens is 2. The highest BCUT2D eigenvalue weighted by molar-refractivity contribution is 7.89. The zero-order valence-corrected chi connectivity index (χ0v) is 19.4. The molecule has 2 N–H and O–H groups in total. The maximum Gasteiger partial charge on any atom is 0.340 e. The Kier molecular flexibility index (Phi) is 6.30. The highest BCUT2D eigenvalue weighted by Crippen LogP contribution is 2.30. The first-order valence-electron chi connectivity index (χ1n) is 10.5. The van der Waals surface area contributed by atoms with Crippen molar-refractivity contribution in [1.82, 2.24) is 18.7 Å². The molecule has 3 heterocycles. The van der Waals surface area contributed by atoms with Gasteiger partial charge in [0, 0.05) is 48.2 Å². The molecule has 0 amide bonds. The number of halogens is 1. The average molecular weight is 481 g/mol. The van der Waals surface area contributed by atoms with E-state index < -0.39 is 21.6 Å². The van der Waals surface area contributed by atoms with Gasteiger partial charge in [0.15, 0.2) is 0 Å². The Balaban J connectivity index is 1.86. The fourth-order valence-corrected chi connectivity index (χ4v) is 6.13. The van der Waals surface area contributed by atoms with Gasteiger partial charge in [-0.2, -0.15) is 4.31 Å². The van der Waals surface area contributed by atoms with E-state index in [4.69, 9.17) is 16.5 Å². The van der Waals surface area contributed by atoms with Crippen molar-refractivity contribution in [3.05, 3.63) is 40.3 Å². The zero-order valence-electron chi connectivity index (χ0n) is 17.9. The molecule has 9 nitrogen and oxygen atoms in total. The molecular weight excluding hydrogens is 456 g/mol. The summed E-state index contributed by atoms with van der Waals surface area (Å²) in [5.41, 5.74) is 0.416. The number of likely N-dealkylation sites (N-methyl/N-ethyl adjacent to an activating group) is 1. The molecule has 1 aromatic carbocycles. The van der Waals surface area contributed by atoms with Gasteiger partial charge in [-0.25, -0.2) is 17.6 Å². The molecular formula is C21H25ClN4O5S. The summed E-state index contributed by atoms with van der Waals surface area (Å²) in [6.45, 7) is 5.29. The predicted molar refractivity (Wildman–Crippen MR) is 122 cm³/mol. The Bertz CT molecular complexity index is 1330. The second-order valence-electron chi connectivity index (χ2n) is 7.77. The van der Waals surface area contributed by atoms with Crippen LogP contribution in [-0.4, -0.2) is 65.4 Å². The third-order valence-corrected chi connectivity index (χ3v) is 8.04. The summed E-state index contributed by atoms with van der Waals surface area (Å²) in [6.07, 6.45) is 2.73. The Morgan fingerprint density at radius 3 is 2.78 bits per heavy atom. The molecule has 2 aromatic heterocycles. The number of hydrogen-bond donors (Lipinski definition) is 2. The monoisotopic (exact) mass is 480 g/mol. The summed E-state index contributed by atoms with van der Waals surface area (Å²) in [6, 6.07) is 4.30. The highest BCUT2D eigenvalue weighted by Gasteiger charge is 2.34. The van der Waals surface area contributed by atoms with Gasteiger partial charge >= 0.3 is 5.97 Å². The Morgan fingerprint density at radius 2 is 2.12 bits per heavy atom. The Labute approximate surface area is 190 Å². The minimum Gasteiger partial charge on any atom is -0.462 e. The molecule has 0 aliphatic carbocycles. The van der Waals surface area contributed by atoms with Crippen molar-refractivity contribution in [3.63, 3.8) is 0 Å². The summed E-state index contributed by atoms with van der Waals surface area (Å²) >= 11 is 6.06. The normalized spacial score (nSPS) is 17.6. The Hall–Kier alpha value is -2.40. The predicted octanol–water partition coefficient (Wildman–Crippen LogP) is 2.81. The van der Waals surface area contributed by atoms with Gasteiger partial charge in [0.25, 0.3) is 5.56 Å². The van der Waals surface area contributed by atoms with E-state index in [2.05, 4.69) is 9.97 Å². The fourth-order valence-electron chi connectivity index (χ4n) is 4.20. The molecule has 0 unspecified atom stereocenters.